The summed E-state index contributed by atoms with van der Waals surface area (Å²) in [5.41, 5.74) is 0.593. The first kappa shape index (κ1) is 16.8. The van der Waals surface area contributed by atoms with Crippen LogP contribution in [0.5, 0.6) is 11.5 Å². The van der Waals surface area contributed by atoms with E-state index in [4.69, 9.17) is 9.47 Å². The van der Waals surface area contributed by atoms with Crippen LogP contribution in [0.4, 0.5) is 0 Å². The van der Waals surface area contributed by atoms with Crippen LogP contribution in [-0.4, -0.2) is 31.0 Å². The van der Waals surface area contributed by atoms with Gasteiger partial charge in [-0.05, 0) is 44.9 Å². The molecule has 0 spiro atoms. The van der Waals surface area contributed by atoms with Gasteiger partial charge in [-0.2, -0.15) is 0 Å². The monoisotopic (exact) mass is 343 g/mol. The summed E-state index contributed by atoms with van der Waals surface area (Å²) in [4.78, 5) is 12.0. The fraction of sp³-hybridized carbons (Fsp3) is 0.533. The lowest BCUT2D eigenvalue weighted by Gasteiger charge is -2.12. The Bertz CT molecular complexity index is 424. The molecular formula is C15H22BrNO3. The standard InChI is InChI=1S/C15H22BrNO3/c1-3-19-13-8-7-12(11-14(13)20-4-2)15(18)17-10-6-5-9-16/h7-8,11H,3-6,9-10H2,1-2H3,(H,17,18). The average molecular weight is 344 g/mol. The third-order valence-electron chi connectivity index (χ3n) is 2.65. The molecule has 0 bridgehead atoms. The quantitative estimate of drug-likeness (QED) is 0.552. The molecule has 0 saturated carbocycles. The van der Waals surface area contributed by atoms with Crippen LogP contribution in [0, 0.1) is 0 Å². The highest BCUT2D eigenvalue weighted by Gasteiger charge is 2.11. The van der Waals surface area contributed by atoms with Crippen LogP contribution >= 0.6 is 15.9 Å². The Morgan fingerprint density at radius 2 is 1.85 bits per heavy atom. The van der Waals surface area contributed by atoms with Gasteiger partial charge in [-0.15, -0.1) is 0 Å². The van der Waals surface area contributed by atoms with Gasteiger partial charge in [0.2, 0.25) is 0 Å². The minimum absolute atomic E-state index is 0.0800. The van der Waals surface area contributed by atoms with Gasteiger partial charge in [0.25, 0.3) is 5.91 Å². The molecule has 0 aliphatic rings. The number of carbonyl (C=O) groups is 1. The SMILES string of the molecule is CCOc1ccc(C(=O)NCCCCBr)cc1OCC. The molecule has 1 amide bonds. The first-order chi connectivity index (χ1) is 9.72. The molecule has 5 heteroatoms. The number of amides is 1. The van der Waals surface area contributed by atoms with Crippen molar-refractivity contribution < 1.29 is 14.3 Å². The van der Waals surface area contributed by atoms with E-state index < -0.39 is 0 Å². The lowest BCUT2D eigenvalue weighted by Crippen LogP contribution is -2.24. The summed E-state index contributed by atoms with van der Waals surface area (Å²) in [6.07, 6.45) is 2.01. The number of benzene rings is 1. The van der Waals surface area contributed by atoms with E-state index >= 15 is 0 Å². The molecule has 0 unspecified atom stereocenters. The van der Waals surface area contributed by atoms with Gasteiger partial charge in [0.15, 0.2) is 11.5 Å². The first-order valence-corrected chi connectivity index (χ1v) is 8.08. The van der Waals surface area contributed by atoms with Crippen LogP contribution in [0.2, 0.25) is 0 Å². The molecule has 0 atom stereocenters. The third-order valence-corrected chi connectivity index (χ3v) is 3.21. The lowest BCUT2D eigenvalue weighted by atomic mass is 10.2. The summed E-state index contributed by atoms with van der Waals surface area (Å²) >= 11 is 3.37. The third kappa shape index (κ3) is 5.41. The van der Waals surface area contributed by atoms with E-state index in [0.717, 1.165) is 18.2 Å². The largest absolute Gasteiger partial charge is 0.490 e. The van der Waals surface area contributed by atoms with Crippen molar-refractivity contribution in [1.29, 1.82) is 0 Å². The average Bonchev–Trinajstić information content (AvgIpc) is 2.45. The minimum atomic E-state index is -0.0800. The molecule has 0 heterocycles. The molecule has 0 radical (unpaired) electrons. The van der Waals surface area contributed by atoms with Crippen molar-refractivity contribution in [3.05, 3.63) is 23.8 Å². The highest BCUT2D eigenvalue weighted by molar-refractivity contribution is 9.09. The Hall–Kier alpha value is -1.23. The van der Waals surface area contributed by atoms with Crippen molar-refractivity contribution in [2.75, 3.05) is 25.1 Å². The van der Waals surface area contributed by atoms with Crippen molar-refractivity contribution in [1.82, 2.24) is 5.32 Å². The number of carbonyl (C=O) groups excluding carboxylic acids is 1. The lowest BCUT2D eigenvalue weighted by molar-refractivity contribution is 0.0952. The summed E-state index contributed by atoms with van der Waals surface area (Å²) in [7, 11) is 0. The van der Waals surface area contributed by atoms with Crippen LogP contribution in [0.25, 0.3) is 0 Å². The minimum Gasteiger partial charge on any atom is -0.490 e. The Balaban J connectivity index is 2.69. The fourth-order valence-electron chi connectivity index (χ4n) is 1.72. The molecule has 0 fully saturated rings. The number of unbranched alkanes of at least 4 members (excludes halogenated alkanes) is 1. The molecule has 1 N–H and O–H groups in total. The van der Waals surface area contributed by atoms with Crippen molar-refractivity contribution >= 4 is 21.8 Å². The zero-order chi connectivity index (χ0) is 14.8. The molecule has 0 aliphatic carbocycles. The van der Waals surface area contributed by atoms with Gasteiger partial charge in [0, 0.05) is 17.4 Å². The van der Waals surface area contributed by atoms with Gasteiger partial charge < -0.3 is 14.8 Å². The predicted octanol–water partition coefficient (Wildman–Crippen LogP) is 3.39. The summed E-state index contributed by atoms with van der Waals surface area (Å²) in [6.45, 7) is 5.61. The second-order valence-corrected chi connectivity index (χ2v) is 4.97. The fourth-order valence-corrected chi connectivity index (χ4v) is 2.11. The van der Waals surface area contributed by atoms with Crippen LogP contribution in [0.3, 0.4) is 0 Å². The number of halogens is 1. The highest BCUT2D eigenvalue weighted by Crippen LogP contribution is 2.28. The smallest absolute Gasteiger partial charge is 0.251 e. The Morgan fingerprint density at radius 1 is 1.15 bits per heavy atom. The van der Waals surface area contributed by atoms with Crippen LogP contribution < -0.4 is 14.8 Å². The maximum atomic E-state index is 12.0. The summed E-state index contributed by atoms with van der Waals surface area (Å²) in [5.74, 6) is 1.20. The topological polar surface area (TPSA) is 47.6 Å². The van der Waals surface area contributed by atoms with Crippen molar-refractivity contribution in [2.24, 2.45) is 0 Å². The molecule has 1 rings (SSSR count). The zero-order valence-electron chi connectivity index (χ0n) is 12.1. The summed E-state index contributed by atoms with van der Waals surface area (Å²) < 4.78 is 11.0. The first-order valence-electron chi connectivity index (χ1n) is 6.96. The molecule has 1 aromatic rings. The van der Waals surface area contributed by atoms with Gasteiger partial charge in [-0.25, -0.2) is 0 Å². The molecule has 4 nitrogen and oxygen atoms in total. The van der Waals surface area contributed by atoms with E-state index in [0.29, 0.717) is 36.8 Å². The number of ether oxygens (including phenoxy) is 2. The van der Waals surface area contributed by atoms with E-state index in [1.54, 1.807) is 18.2 Å². The van der Waals surface area contributed by atoms with Gasteiger partial charge in [0.05, 0.1) is 13.2 Å². The van der Waals surface area contributed by atoms with Crippen molar-refractivity contribution in [3.8, 4) is 11.5 Å². The second-order valence-electron chi connectivity index (χ2n) is 4.18. The number of nitrogens with one attached hydrogen (secondary N) is 1. The molecule has 20 heavy (non-hydrogen) atoms. The van der Waals surface area contributed by atoms with E-state index in [9.17, 15) is 4.79 Å². The van der Waals surface area contributed by atoms with Gasteiger partial charge >= 0.3 is 0 Å². The van der Waals surface area contributed by atoms with Crippen LogP contribution in [-0.2, 0) is 0 Å². The predicted molar refractivity (Wildman–Crippen MR) is 84.1 cm³/mol. The van der Waals surface area contributed by atoms with Crippen molar-refractivity contribution in [3.63, 3.8) is 0 Å². The molecule has 0 aromatic heterocycles. The molecular weight excluding hydrogens is 322 g/mol. The van der Waals surface area contributed by atoms with Crippen molar-refractivity contribution in [2.45, 2.75) is 26.7 Å². The van der Waals surface area contributed by atoms with Gasteiger partial charge in [0.1, 0.15) is 0 Å². The van der Waals surface area contributed by atoms with E-state index in [-0.39, 0.29) is 5.91 Å². The molecule has 112 valence electrons. The van der Waals surface area contributed by atoms with E-state index in [1.165, 1.54) is 0 Å². The number of hydrogen-bond donors (Lipinski definition) is 1. The Morgan fingerprint density at radius 3 is 2.50 bits per heavy atom. The maximum Gasteiger partial charge on any atom is 0.251 e. The Labute approximate surface area is 129 Å². The van der Waals surface area contributed by atoms with Crippen LogP contribution in [0.1, 0.15) is 37.0 Å². The second kappa shape index (κ2) is 9.64. The van der Waals surface area contributed by atoms with Crippen LogP contribution in [0.15, 0.2) is 18.2 Å². The molecule has 1 aromatic carbocycles. The van der Waals surface area contributed by atoms with E-state index in [1.807, 2.05) is 13.8 Å². The molecule has 0 aliphatic heterocycles. The molecule has 0 saturated heterocycles. The number of alkyl halides is 1. The van der Waals surface area contributed by atoms with E-state index in [2.05, 4.69) is 21.2 Å². The van der Waals surface area contributed by atoms with Gasteiger partial charge in [-0.3, -0.25) is 4.79 Å². The normalized spacial score (nSPS) is 10.2. The van der Waals surface area contributed by atoms with Gasteiger partial charge in [-0.1, -0.05) is 15.9 Å². The number of rotatable bonds is 9. The highest BCUT2D eigenvalue weighted by atomic mass is 79.9. The summed E-state index contributed by atoms with van der Waals surface area (Å²) in [5, 5.41) is 3.86. The number of hydrogen-bond acceptors (Lipinski definition) is 3. The Kier molecular flexibility index (Phi) is 8.11. The zero-order valence-corrected chi connectivity index (χ0v) is 13.7. The maximum absolute atomic E-state index is 12.0. The summed E-state index contributed by atoms with van der Waals surface area (Å²) in [6, 6.07) is 5.27.